The number of hydrogen-bond acceptors (Lipinski definition) is 1. The average molecular weight is 237 g/mol. The summed E-state index contributed by atoms with van der Waals surface area (Å²) in [7, 11) is 0. The van der Waals surface area contributed by atoms with Gasteiger partial charge in [0.1, 0.15) is 0 Å². The molecule has 0 aliphatic carbocycles. The second kappa shape index (κ2) is 4.11. The molecule has 16 heavy (non-hydrogen) atoms. The maximum absolute atomic E-state index is 3.45. The summed E-state index contributed by atoms with van der Waals surface area (Å²) >= 11 is 0. The van der Waals surface area contributed by atoms with Crippen LogP contribution in [0.1, 0.15) is 24.2 Å². The molecule has 86 valence electrons. The van der Waals surface area contributed by atoms with Gasteiger partial charge in [-0.05, 0) is 36.9 Å². The molecule has 0 amide bonds. The van der Waals surface area contributed by atoms with Crippen molar-refractivity contribution in [2.24, 2.45) is 0 Å². The van der Waals surface area contributed by atoms with Crippen LogP contribution in [-0.2, 0) is 6.54 Å². The van der Waals surface area contributed by atoms with E-state index >= 15 is 0 Å². The van der Waals surface area contributed by atoms with Crippen molar-refractivity contribution in [1.29, 1.82) is 0 Å². The van der Waals surface area contributed by atoms with Crippen LogP contribution in [0.25, 0.3) is 10.9 Å². The quantitative estimate of drug-likeness (QED) is 0.744. The van der Waals surface area contributed by atoms with Crippen molar-refractivity contribution in [3.05, 3.63) is 35.5 Å². The number of rotatable bonds is 0. The average Bonchev–Trinajstić information content (AvgIpc) is 2.57. The first kappa shape index (κ1) is 11.5. The van der Waals surface area contributed by atoms with Crippen molar-refractivity contribution in [1.82, 2.24) is 9.88 Å². The van der Waals surface area contributed by atoms with Crippen LogP contribution in [0, 0.1) is 6.92 Å². The molecule has 2 aromatic rings. The summed E-state index contributed by atoms with van der Waals surface area (Å²) in [6, 6.07) is 9.57. The monoisotopic (exact) mass is 236 g/mol. The number of nitrogens with one attached hydrogen (secondary N) is 1. The van der Waals surface area contributed by atoms with Gasteiger partial charge in [-0.15, -0.1) is 12.4 Å². The number of fused-ring (bicyclic) bond motifs is 3. The molecule has 2 nitrogen and oxygen atoms in total. The van der Waals surface area contributed by atoms with Gasteiger partial charge in [-0.25, -0.2) is 0 Å². The second-order valence-corrected chi connectivity index (χ2v) is 4.55. The Morgan fingerprint density at radius 3 is 2.94 bits per heavy atom. The fourth-order valence-corrected chi connectivity index (χ4v) is 2.55. The zero-order valence-electron chi connectivity index (χ0n) is 9.66. The van der Waals surface area contributed by atoms with Gasteiger partial charge in [-0.2, -0.15) is 0 Å². The molecule has 0 fully saturated rings. The van der Waals surface area contributed by atoms with Gasteiger partial charge in [0.15, 0.2) is 0 Å². The minimum atomic E-state index is 0. The molecule has 1 aromatic heterocycles. The highest BCUT2D eigenvalue weighted by Gasteiger charge is 2.17. The van der Waals surface area contributed by atoms with Gasteiger partial charge in [0.25, 0.3) is 0 Å². The highest BCUT2D eigenvalue weighted by Crippen LogP contribution is 2.27. The molecule has 1 aromatic carbocycles. The smallest absolute Gasteiger partial charge is 0.0488 e. The summed E-state index contributed by atoms with van der Waals surface area (Å²) in [6.45, 7) is 6.51. The SMILES string of the molecule is Cc1ccc2cc3n(c2c1)C(C)CNC3.Cl. The van der Waals surface area contributed by atoms with Crippen LogP contribution in [0.15, 0.2) is 24.3 Å². The Hall–Kier alpha value is -0.990. The number of halogens is 1. The third-order valence-corrected chi connectivity index (χ3v) is 3.26. The lowest BCUT2D eigenvalue weighted by atomic mass is 10.2. The molecule has 3 heteroatoms. The summed E-state index contributed by atoms with van der Waals surface area (Å²) < 4.78 is 2.47. The second-order valence-electron chi connectivity index (χ2n) is 4.55. The molecular formula is C13H17ClN2. The summed E-state index contributed by atoms with van der Waals surface area (Å²) in [6.07, 6.45) is 0. The third kappa shape index (κ3) is 1.62. The molecule has 0 bridgehead atoms. The lowest BCUT2D eigenvalue weighted by molar-refractivity contribution is 0.439. The Balaban J connectivity index is 0.000000963. The molecule has 1 unspecified atom stereocenters. The largest absolute Gasteiger partial charge is 0.339 e. The van der Waals surface area contributed by atoms with Crippen LogP contribution in [0.3, 0.4) is 0 Å². The molecular weight excluding hydrogens is 220 g/mol. The van der Waals surface area contributed by atoms with Crippen LogP contribution >= 0.6 is 12.4 Å². The van der Waals surface area contributed by atoms with Crippen LogP contribution in [0.2, 0.25) is 0 Å². The maximum Gasteiger partial charge on any atom is 0.0488 e. The highest BCUT2D eigenvalue weighted by molar-refractivity contribution is 5.85. The van der Waals surface area contributed by atoms with Gasteiger partial charge in [0, 0.05) is 30.3 Å². The van der Waals surface area contributed by atoms with Crippen LogP contribution in [0.5, 0.6) is 0 Å². The Morgan fingerprint density at radius 1 is 1.31 bits per heavy atom. The lowest BCUT2D eigenvalue weighted by Crippen LogP contribution is -2.30. The van der Waals surface area contributed by atoms with Gasteiger partial charge in [-0.3, -0.25) is 0 Å². The Morgan fingerprint density at radius 2 is 2.12 bits per heavy atom. The van der Waals surface area contributed by atoms with Crippen molar-refractivity contribution in [3.8, 4) is 0 Å². The van der Waals surface area contributed by atoms with Crippen molar-refractivity contribution >= 4 is 23.3 Å². The topological polar surface area (TPSA) is 17.0 Å². The number of hydrogen-bond donors (Lipinski definition) is 1. The van der Waals surface area contributed by atoms with E-state index in [4.69, 9.17) is 0 Å². The van der Waals surface area contributed by atoms with E-state index in [0.717, 1.165) is 13.1 Å². The first-order chi connectivity index (χ1) is 7.25. The van der Waals surface area contributed by atoms with E-state index in [1.807, 2.05) is 0 Å². The molecule has 0 saturated carbocycles. The predicted molar refractivity (Wildman–Crippen MR) is 70.3 cm³/mol. The summed E-state index contributed by atoms with van der Waals surface area (Å²) in [5, 5.41) is 4.81. The van der Waals surface area contributed by atoms with E-state index in [9.17, 15) is 0 Å². The first-order valence-electron chi connectivity index (χ1n) is 5.57. The molecule has 0 radical (unpaired) electrons. The minimum absolute atomic E-state index is 0. The number of nitrogens with zero attached hydrogens (tertiary/aromatic N) is 1. The Bertz CT molecular complexity index is 516. The van der Waals surface area contributed by atoms with Crippen molar-refractivity contribution in [3.63, 3.8) is 0 Å². The first-order valence-corrected chi connectivity index (χ1v) is 5.57. The van der Waals surface area contributed by atoms with Crippen molar-refractivity contribution in [2.75, 3.05) is 6.54 Å². The summed E-state index contributed by atoms with van der Waals surface area (Å²) in [5.41, 5.74) is 4.14. The molecule has 2 heterocycles. The van der Waals surface area contributed by atoms with Crippen molar-refractivity contribution < 1.29 is 0 Å². The van der Waals surface area contributed by atoms with E-state index in [-0.39, 0.29) is 12.4 Å². The zero-order valence-corrected chi connectivity index (χ0v) is 10.5. The van der Waals surface area contributed by atoms with E-state index < -0.39 is 0 Å². The van der Waals surface area contributed by atoms with E-state index in [1.165, 1.54) is 22.2 Å². The normalized spacial score (nSPS) is 19.2. The summed E-state index contributed by atoms with van der Waals surface area (Å²) in [5.74, 6) is 0. The van der Waals surface area contributed by atoms with Crippen molar-refractivity contribution in [2.45, 2.75) is 26.4 Å². The molecule has 3 rings (SSSR count). The van der Waals surface area contributed by atoms with Gasteiger partial charge in [-0.1, -0.05) is 12.1 Å². The van der Waals surface area contributed by atoms with Gasteiger partial charge in [0.05, 0.1) is 0 Å². The van der Waals surface area contributed by atoms with Crippen LogP contribution < -0.4 is 5.32 Å². The number of aromatic nitrogens is 1. The van der Waals surface area contributed by atoms with E-state index in [2.05, 4.69) is 48.0 Å². The summed E-state index contributed by atoms with van der Waals surface area (Å²) in [4.78, 5) is 0. The number of aryl methyl sites for hydroxylation is 1. The Kier molecular flexibility index (Phi) is 2.96. The lowest BCUT2D eigenvalue weighted by Gasteiger charge is -2.24. The van der Waals surface area contributed by atoms with Gasteiger partial charge >= 0.3 is 0 Å². The molecule has 1 N–H and O–H groups in total. The van der Waals surface area contributed by atoms with Crippen LogP contribution in [0.4, 0.5) is 0 Å². The molecule has 1 aliphatic rings. The molecule has 1 atom stereocenters. The maximum atomic E-state index is 3.45. The zero-order chi connectivity index (χ0) is 10.4. The third-order valence-electron chi connectivity index (χ3n) is 3.26. The van der Waals surface area contributed by atoms with E-state index in [1.54, 1.807) is 0 Å². The minimum Gasteiger partial charge on any atom is -0.339 e. The van der Waals surface area contributed by atoms with Gasteiger partial charge < -0.3 is 9.88 Å². The Labute approximate surface area is 102 Å². The predicted octanol–water partition coefficient (Wildman–Crippen LogP) is 3.04. The molecule has 0 saturated heterocycles. The molecule has 1 aliphatic heterocycles. The number of benzene rings is 1. The van der Waals surface area contributed by atoms with Gasteiger partial charge in [0.2, 0.25) is 0 Å². The molecule has 0 spiro atoms. The van der Waals surface area contributed by atoms with Crippen LogP contribution in [-0.4, -0.2) is 11.1 Å². The fraction of sp³-hybridized carbons (Fsp3) is 0.385. The standard InChI is InChI=1S/C13H16N2.ClH/c1-9-3-4-11-6-12-8-14-7-10(2)15(12)13(11)5-9;/h3-6,10,14H,7-8H2,1-2H3;1H. The fourth-order valence-electron chi connectivity index (χ4n) is 2.55. The van der Waals surface area contributed by atoms with E-state index in [0.29, 0.717) is 6.04 Å². The highest BCUT2D eigenvalue weighted by atomic mass is 35.5.